The summed E-state index contributed by atoms with van der Waals surface area (Å²) in [7, 11) is 1.75. The summed E-state index contributed by atoms with van der Waals surface area (Å²) in [5, 5.41) is 27.6. The van der Waals surface area contributed by atoms with E-state index in [1.54, 1.807) is 24.1 Å². The number of nitrogens with one attached hydrogen (secondary N) is 3. The van der Waals surface area contributed by atoms with Crippen molar-refractivity contribution in [2.24, 2.45) is 11.8 Å². The third kappa shape index (κ3) is 11.2. The minimum absolute atomic E-state index is 0.0110. The highest BCUT2D eigenvalue weighted by molar-refractivity contribution is 5.91. The molecule has 2 heterocycles. The van der Waals surface area contributed by atoms with Gasteiger partial charge >= 0.3 is 6.09 Å². The highest BCUT2D eigenvalue weighted by Crippen LogP contribution is 2.40. The van der Waals surface area contributed by atoms with Gasteiger partial charge in [-0.05, 0) is 78.0 Å². The fraction of sp³-hybridized carbons (Fsp3) is 0.383. The summed E-state index contributed by atoms with van der Waals surface area (Å²) in [4.78, 5) is 44.1. The summed E-state index contributed by atoms with van der Waals surface area (Å²) < 4.78 is 11.8. The zero-order chi connectivity index (χ0) is 41.1. The molecular formula is C47H55N5O7. The number of nitrogens with zero attached hydrogens (tertiary/aromatic N) is 2. The van der Waals surface area contributed by atoms with Crippen LogP contribution in [-0.4, -0.2) is 103 Å². The van der Waals surface area contributed by atoms with Crippen LogP contribution in [0.5, 0.6) is 5.75 Å². The molecule has 2 fully saturated rings. The third-order valence-electron chi connectivity index (χ3n) is 11.7. The molecular weight excluding hydrogens is 747 g/mol. The van der Waals surface area contributed by atoms with Gasteiger partial charge in [-0.25, -0.2) is 4.79 Å². The second-order valence-corrected chi connectivity index (χ2v) is 15.8. The van der Waals surface area contributed by atoms with Crippen LogP contribution in [0.25, 0.3) is 22.0 Å². The summed E-state index contributed by atoms with van der Waals surface area (Å²) in [6.07, 6.45) is 2.54. The minimum Gasteiger partial charge on any atom is -0.506 e. The molecule has 12 heteroatoms. The van der Waals surface area contributed by atoms with Crippen molar-refractivity contribution in [3.63, 3.8) is 0 Å². The van der Waals surface area contributed by atoms with Crippen LogP contribution in [0.4, 0.5) is 10.5 Å². The number of likely N-dealkylation sites (tertiary alicyclic amines) is 1. The van der Waals surface area contributed by atoms with E-state index in [2.05, 4.69) is 44.8 Å². The van der Waals surface area contributed by atoms with Crippen LogP contribution in [0, 0.1) is 11.8 Å². The number of para-hydroxylation sites is 1. The molecule has 5 aromatic rings. The SMILES string of the molecule is CN(CCNCC(O)c1ccc(O)c2[nH]c(=O)ccc12)C(=O)CCOCCc1cccc(CCN2CC3CC(OC(=O)Nc4ccccc4-c4ccccc4)CC3C2)c1. The number of carbonyl (C=O) groups is 2. The molecule has 3 unspecified atom stereocenters. The van der Waals surface area contributed by atoms with Crippen molar-refractivity contribution in [1.29, 1.82) is 0 Å². The Kier molecular flexibility index (Phi) is 14.1. The molecule has 0 radical (unpaired) electrons. The second-order valence-electron chi connectivity index (χ2n) is 15.8. The van der Waals surface area contributed by atoms with Crippen LogP contribution in [0.3, 0.4) is 0 Å². The Hall–Kier alpha value is -5.53. The van der Waals surface area contributed by atoms with Crippen LogP contribution in [0.1, 0.15) is 42.1 Å². The smallest absolute Gasteiger partial charge is 0.411 e. The van der Waals surface area contributed by atoms with E-state index in [1.165, 1.54) is 23.3 Å². The van der Waals surface area contributed by atoms with Crippen LogP contribution >= 0.6 is 0 Å². The van der Waals surface area contributed by atoms with E-state index >= 15 is 0 Å². The number of carbonyl (C=O) groups excluding carboxylic acids is 2. The number of pyridine rings is 1. The number of aliphatic hydroxyl groups is 1. The lowest BCUT2D eigenvalue weighted by Gasteiger charge is -2.20. The number of aliphatic hydroxyl groups excluding tert-OH is 1. The monoisotopic (exact) mass is 801 g/mol. The Morgan fingerprint density at radius 3 is 2.44 bits per heavy atom. The summed E-state index contributed by atoms with van der Waals surface area (Å²) in [5.74, 6) is 1.03. The maximum atomic E-state index is 12.9. The topological polar surface area (TPSA) is 156 Å². The number of amides is 2. The number of fused-ring (bicyclic) bond motifs is 2. The largest absolute Gasteiger partial charge is 0.506 e. The normalized spacial score (nSPS) is 18.1. The number of anilines is 1. The number of likely N-dealkylation sites (N-methyl/N-ethyl adjacent to an activating group) is 1. The van der Waals surface area contributed by atoms with Crippen molar-refractivity contribution in [1.82, 2.24) is 20.1 Å². The van der Waals surface area contributed by atoms with Crippen molar-refractivity contribution < 1.29 is 29.3 Å². The Labute approximate surface area is 345 Å². The van der Waals surface area contributed by atoms with Crippen molar-refractivity contribution in [2.45, 2.75) is 44.3 Å². The molecule has 1 aromatic heterocycles. The molecule has 3 atom stereocenters. The van der Waals surface area contributed by atoms with E-state index in [4.69, 9.17) is 9.47 Å². The fourth-order valence-corrected chi connectivity index (χ4v) is 8.51. The second kappa shape index (κ2) is 20.0. The molecule has 1 aliphatic carbocycles. The van der Waals surface area contributed by atoms with Gasteiger partial charge in [0.05, 0.1) is 36.9 Å². The maximum Gasteiger partial charge on any atom is 0.411 e. The summed E-state index contributed by atoms with van der Waals surface area (Å²) in [6, 6.07) is 32.6. The standard InChI is InChI=1S/C47H55N5O7/c1-51(23-21-48-29-43(54)39-14-16-42(53)46-40(39)15-17-44(55)50-46)45(56)20-25-58-24-19-33-9-7-8-32(26-33)18-22-52-30-35-27-37(28-36(35)31-52)59-47(57)49-41-13-6-5-12-38(41)34-10-3-2-4-11-34/h2-17,26,35-37,43,48,53-54H,18-25,27-31H2,1H3,(H,49,57)(H,50,55). The molecule has 12 nitrogen and oxygen atoms in total. The van der Waals surface area contributed by atoms with Gasteiger partial charge < -0.3 is 39.8 Å². The molecule has 1 saturated carbocycles. The van der Waals surface area contributed by atoms with Crippen LogP contribution < -0.4 is 16.2 Å². The molecule has 2 aliphatic rings. The van der Waals surface area contributed by atoms with Crippen LogP contribution in [-0.2, 0) is 27.1 Å². The highest BCUT2D eigenvalue weighted by atomic mass is 16.6. The first-order valence-electron chi connectivity index (χ1n) is 20.7. The summed E-state index contributed by atoms with van der Waals surface area (Å²) >= 11 is 0. The summed E-state index contributed by atoms with van der Waals surface area (Å²) in [5.41, 5.74) is 5.85. The molecule has 2 amide bonds. The zero-order valence-electron chi connectivity index (χ0n) is 33.6. The predicted octanol–water partition coefficient (Wildman–Crippen LogP) is 6.13. The van der Waals surface area contributed by atoms with Crippen molar-refractivity contribution >= 4 is 28.6 Å². The summed E-state index contributed by atoms with van der Waals surface area (Å²) in [6.45, 7) is 5.17. The molecule has 0 spiro atoms. The first-order valence-corrected chi connectivity index (χ1v) is 20.7. The quantitative estimate of drug-likeness (QED) is 0.0658. The van der Waals surface area contributed by atoms with Crippen LogP contribution in [0.15, 0.2) is 108 Å². The molecule has 4 aromatic carbocycles. The van der Waals surface area contributed by atoms with E-state index < -0.39 is 6.10 Å². The molecule has 1 saturated heterocycles. The number of aromatic nitrogens is 1. The van der Waals surface area contributed by atoms with E-state index in [0.29, 0.717) is 54.6 Å². The number of phenols is 1. The van der Waals surface area contributed by atoms with Gasteiger partial charge in [0.1, 0.15) is 11.9 Å². The lowest BCUT2D eigenvalue weighted by Crippen LogP contribution is -2.35. The van der Waals surface area contributed by atoms with E-state index in [-0.39, 0.29) is 42.4 Å². The number of aromatic hydroxyl groups is 1. The van der Waals surface area contributed by atoms with Gasteiger partial charge in [-0.1, -0.05) is 78.9 Å². The van der Waals surface area contributed by atoms with Gasteiger partial charge in [-0.15, -0.1) is 0 Å². The molecule has 1 aliphatic heterocycles. The first-order chi connectivity index (χ1) is 28.7. The fourth-order valence-electron chi connectivity index (χ4n) is 8.51. The molecule has 0 bridgehead atoms. The Morgan fingerprint density at radius 2 is 1.64 bits per heavy atom. The molecule has 7 rings (SSSR count). The average molecular weight is 802 g/mol. The predicted molar refractivity (Wildman–Crippen MR) is 229 cm³/mol. The van der Waals surface area contributed by atoms with Gasteiger partial charge in [0.25, 0.3) is 0 Å². The maximum absolute atomic E-state index is 12.9. The van der Waals surface area contributed by atoms with Crippen molar-refractivity contribution in [3.8, 4) is 16.9 Å². The Balaban J connectivity index is 0.746. The number of rotatable bonds is 18. The molecule has 5 N–H and O–H groups in total. The number of aromatic amines is 1. The van der Waals surface area contributed by atoms with E-state index in [9.17, 15) is 24.6 Å². The average Bonchev–Trinajstić information content (AvgIpc) is 3.80. The van der Waals surface area contributed by atoms with Gasteiger partial charge in [0, 0.05) is 63.3 Å². The Bertz CT molecular complexity index is 2230. The number of hydrogen-bond acceptors (Lipinski definition) is 9. The number of H-pyrrole nitrogens is 1. The van der Waals surface area contributed by atoms with Gasteiger partial charge in [-0.2, -0.15) is 0 Å². The minimum atomic E-state index is -0.863. The van der Waals surface area contributed by atoms with Crippen molar-refractivity contribution in [3.05, 3.63) is 130 Å². The third-order valence-corrected chi connectivity index (χ3v) is 11.7. The van der Waals surface area contributed by atoms with E-state index in [1.807, 2.05) is 54.6 Å². The van der Waals surface area contributed by atoms with Gasteiger partial charge in [0.15, 0.2) is 0 Å². The first kappa shape index (κ1) is 41.6. The number of benzene rings is 4. The van der Waals surface area contributed by atoms with Crippen LogP contribution in [0.2, 0.25) is 0 Å². The molecule has 310 valence electrons. The number of phenolic OH excluding ortho intramolecular Hbond substituents is 1. The lowest BCUT2D eigenvalue weighted by atomic mass is 10.0. The Morgan fingerprint density at radius 1 is 0.898 bits per heavy atom. The zero-order valence-corrected chi connectivity index (χ0v) is 33.6. The number of hydrogen-bond donors (Lipinski definition) is 5. The highest BCUT2D eigenvalue weighted by Gasteiger charge is 2.42. The molecule has 59 heavy (non-hydrogen) atoms. The van der Waals surface area contributed by atoms with Gasteiger partial charge in [-0.3, -0.25) is 14.9 Å². The van der Waals surface area contributed by atoms with E-state index in [0.717, 1.165) is 62.1 Å². The van der Waals surface area contributed by atoms with Gasteiger partial charge in [0.2, 0.25) is 11.5 Å². The van der Waals surface area contributed by atoms with Crippen molar-refractivity contribution in [2.75, 3.05) is 64.8 Å². The number of ether oxygens (including phenoxy) is 2. The lowest BCUT2D eigenvalue weighted by molar-refractivity contribution is -0.131.